The largest absolute Gasteiger partial charge is 0.504 e. The topological polar surface area (TPSA) is 109 Å². The molecule has 1 amide bonds. The Kier molecular flexibility index (Phi) is 4.13. The number of phenols is 1. The molecule has 0 saturated heterocycles. The minimum absolute atomic E-state index is 0.0406. The van der Waals surface area contributed by atoms with Gasteiger partial charge in [0.15, 0.2) is 11.5 Å². The first kappa shape index (κ1) is 14.4. The first-order valence-electron chi connectivity index (χ1n) is 5.98. The second kappa shape index (κ2) is 6.00. The molecule has 0 radical (unpaired) electrons. The van der Waals surface area contributed by atoms with Gasteiger partial charge in [0.2, 0.25) is 5.76 Å². The van der Waals surface area contributed by atoms with Crippen LogP contribution in [0.4, 0.5) is 0 Å². The van der Waals surface area contributed by atoms with Crippen molar-refractivity contribution < 1.29 is 29.0 Å². The standard InChI is InChI=1S/C14H13NO6/c1-20-11-4-2-8(6-10(11)16)13(17)15-7-9-3-5-12(21-9)14(18)19/h2-6,16H,7H2,1H3,(H,15,17)(H,18,19). The normalized spacial score (nSPS) is 10.1. The number of rotatable bonds is 5. The number of carbonyl (C=O) groups excluding carboxylic acids is 1. The molecule has 0 fully saturated rings. The van der Waals surface area contributed by atoms with Gasteiger partial charge in [-0.1, -0.05) is 0 Å². The smallest absolute Gasteiger partial charge is 0.371 e. The van der Waals surface area contributed by atoms with Gasteiger partial charge in [-0.15, -0.1) is 0 Å². The fraction of sp³-hybridized carbons (Fsp3) is 0.143. The fourth-order valence-corrected chi connectivity index (χ4v) is 1.69. The van der Waals surface area contributed by atoms with Gasteiger partial charge in [-0.05, 0) is 30.3 Å². The molecule has 0 aliphatic carbocycles. The second-order valence-corrected chi connectivity index (χ2v) is 4.14. The van der Waals surface area contributed by atoms with Gasteiger partial charge in [-0.3, -0.25) is 4.79 Å². The Morgan fingerprint density at radius 2 is 2.05 bits per heavy atom. The highest BCUT2D eigenvalue weighted by Crippen LogP contribution is 2.26. The minimum atomic E-state index is -1.17. The molecule has 0 unspecified atom stereocenters. The number of methoxy groups -OCH3 is 1. The number of phenolic OH excluding ortho intramolecular Hbond substituents is 1. The SMILES string of the molecule is COc1ccc(C(=O)NCc2ccc(C(=O)O)o2)cc1O. The summed E-state index contributed by atoms with van der Waals surface area (Å²) in [4.78, 5) is 22.5. The average molecular weight is 291 g/mol. The summed E-state index contributed by atoms with van der Waals surface area (Å²) in [5.74, 6) is -1.35. The molecule has 3 N–H and O–H groups in total. The van der Waals surface area contributed by atoms with Crippen molar-refractivity contribution in [3.63, 3.8) is 0 Å². The first-order chi connectivity index (χ1) is 10.0. The number of aromatic hydroxyl groups is 1. The molecular weight excluding hydrogens is 278 g/mol. The van der Waals surface area contributed by atoms with E-state index in [0.717, 1.165) is 0 Å². The zero-order chi connectivity index (χ0) is 15.4. The number of carboxylic acids is 1. The van der Waals surface area contributed by atoms with Crippen molar-refractivity contribution in [3.8, 4) is 11.5 Å². The molecular formula is C14H13NO6. The Labute approximate surface area is 119 Å². The van der Waals surface area contributed by atoms with Gasteiger partial charge in [-0.2, -0.15) is 0 Å². The van der Waals surface area contributed by atoms with Crippen molar-refractivity contribution in [2.24, 2.45) is 0 Å². The van der Waals surface area contributed by atoms with Gasteiger partial charge in [0.25, 0.3) is 5.91 Å². The molecule has 2 aromatic rings. The third-order valence-electron chi connectivity index (χ3n) is 2.74. The molecule has 0 aliphatic heterocycles. The van der Waals surface area contributed by atoms with Crippen LogP contribution in [-0.2, 0) is 6.54 Å². The third kappa shape index (κ3) is 3.33. The van der Waals surface area contributed by atoms with E-state index < -0.39 is 11.9 Å². The maximum absolute atomic E-state index is 11.9. The number of carboxylic acid groups (broad SMARTS) is 1. The van der Waals surface area contributed by atoms with Gasteiger partial charge in [-0.25, -0.2) is 4.79 Å². The molecule has 0 spiro atoms. The van der Waals surface area contributed by atoms with E-state index in [1.807, 2.05) is 0 Å². The Balaban J connectivity index is 2.01. The quantitative estimate of drug-likeness (QED) is 0.772. The van der Waals surface area contributed by atoms with E-state index in [4.69, 9.17) is 14.3 Å². The molecule has 0 atom stereocenters. The van der Waals surface area contributed by atoms with E-state index in [1.165, 1.54) is 37.4 Å². The number of hydrogen-bond donors (Lipinski definition) is 3. The number of benzene rings is 1. The van der Waals surface area contributed by atoms with Crippen LogP contribution in [0.25, 0.3) is 0 Å². The molecule has 7 heteroatoms. The lowest BCUT2D eigenvalue weighted by atomic mass is 10.2. The summed E-state index contributed by atoms with van der Waals surface area (Å²) in [5.41, 5.74) is 0.248. The summed E-state index contributed by atoms with van der Waals surface area (Å²) in [5, 5.41) is 20.9. The molecule has 21 heavy (non-hydrogen) atoms. The summed E-state index contributed by atoms with van der Waals surface area (Å²) < 4.78 is 9.89. The Morgan fingerprint density at radius 3 is 2.62 bits per heavy atom. The Bertz CT molecular complexity index is 676. The summed E-state index contributed by atoms with van der Waals surface area (Å²) in [6.07, 6.45) is 0. The van der Waals surface area contributed by atoms with Crippen molar-refractivity contribution in [3.05, 3.63) is 47.4 Å². The maximum Gasteiger partial charge on any atom is 0.371 e. The minimum Gasteiger partial charge on any atom is -0.504 e. The zero-order valence-corrected chi connectivity index (χ0v) is 11.1. The number of ether oxygens (including phenoxy) is 1. The molecule has 0 saturated carbocycles. The van der Waals surface area contributed by atoms with E-state index in [-0.39, 0.29) is 29.4 Å². The van der Waals surface area contributed by atoms with Crippen LogP contribution >= 0.6 is 0 Å². The lowest BCUT2D eigenvalue weighted by Gasteiger charge is -2.06. The third-order valence-corrected chi connectivity index (χ3v) is 2.74. The lowest BCUT2D eigenvalue weighted by molar-refractivity contribution is 0.0660. The first-order valence-corrected chi connectivity index (χ1v) is 5.98. The predicted molar refractivity (Wildman–Crippen MR) is 71.5 cm³/mol. The van der Waals surface area contributed by atoms with Gasteiger partial charge in [0.05, 0.1) is 13.7 Å². The number of amides is 1. The van der Waals surface area contributed by atoms with E-state index in [9.17, 15) is 14.7 Å². The molecule has 1 aromatic heterocycles. The van der Waals surface area contributed by atoms with Crippen LogP contribution in [-0.4, -0.2) is 29.2 Å². The van der Waals surface area contributed by atoms with Gasteiger partial charge < -0.3 is 24.7 Å². The number of hydrogen-bond acceptors (Lipinski definition) is 5. The zero-order valence-electron chi connectivity index (χ0n) is 11.1. The van der Waals surface area contributed by atoms with Crippen LogP contribution < -0.4 is 10.1 Å². The molecule has 7 nitrogen and oxygen atoms in total. The summed E-state index contributed by atoms with van der Waals surface area (Å²) in [6, 6.07) is 7.02. The number of furan rings is 1. The summed E-state index contributed by atoms with van der Waals surface area (Å²) in [7, 11) is 1.41. The Morgan fingerprint density at radius 1 is 1.29 bits per heavy atom. The fourth-order valence-electron chi connectivity index (χ4n) is 1.69. The number of nitrogens with one attached hydrogen (secondary N) is 1. The molecule has 110 valence electrons. The monoisotopic (exact) mass is 291 g/mol. The maximum atomic E-state index is 11.9. The van der Waals surface area contributed by atoms with E-state index in [1.54, 1.807) is 0 Å². The van der Waals surface area contributed by atoms with Crippen molar-refractivity contribution >= 4 is 11.9 Å². The van der Waals surface area contributed by atoms with Gasteiger partial charge >= 0.3 is 5.97 Å². The lowest BCUT2D eigenvalue weighted by Crippen LogP contribution is -2.22. The van der Waals surface area contributed by atoms with Crippen LogP contribution in [0, 0.1) is 0 Å². The van der Waals surface area contributed by atoms with Crippen molar-refractivity contribution in [1.29, 1.82) is 0 Å². The highest BCUT2D eigenvalue weighted by molar-refractivity contribution is 5.94. The molecule has 0 aliphatic rings. The van der Waals surface area contributed by atoms with E-state index in [2.05, 4.69) is 5.32 Å². The molecule has 2 rings (SSSR count). The van der Waals surface area contributed by atoms with Crippen LogP contribution in [0.2, 0.25) is 0 Å². The second-order valence-electron chi connectivity index (χ2n) is 4.14. The van der Waals surface area contributed by atoms with Crippen LogP contribution in [0.3, 0.4) is 0 Å². The van der Waals surface area contributed by atoms with Crippen LogP contribution in [0.5, 0.6) is 11.5 Å². The van der Waals surface area contributed by atoms with E-state index in [0.29, 0.717) is 5.76 Å². The average Bonchev–Trinajstić information content (AvgIpc) is 2.93. The molecule has 0 bridgehead atoms. The van der Waals surface area contributed by atoms with E-state index >= 15 is 0 Å². The van der Waals surface area contributed by atoms with Crippen LogP contribution in [0.1, 0.15) is 26.7 Å². The highest BCUT2D eigenvalue weighted by atomic mass is 16.5. The summed E-state index contributed by atoms with van der Waals surface area (Å²) >= 11 is 0. The van der Waals surface area contributed by atoms with Crippen molar-refractivity contribution in [2.75, 3.05) is 7.11 Å². The number of carbonyl (C=O) groups is 2. The Hall–Kier alpha value is -2.96. The van der Waals surface area contributed by atoms with Crippen LogP contribution in [0.15, 0.2) is 34.7 Å². The molecule has 1 aromatic carbocycles. The summed E-state index contributed by atoms with van der Waals surface area (Å²) in [6.45, 7) is 0.0406. The van der Waals surface area contributed by atoms with Crippen molar-refractivity contribution in [1.82, 2.24) is 5.32 Å². The van der Waals surface area contributed by atoms with Gasteiger partial charge in [0.1, 0.15) is 5.76 Å². The predicted octanol–water partition coefficient (Wildman–Crippen LogP) is 1.62. The number of aromatic carboxylic acids is 1. The highest BCUT2D eigenvalue weighted by Gasteiger charge is 2.12. The van der Waals surface area contributed by atoms with Gasteiger partial charge in [0, 0.05) is 5.56 Å². The van der Waals surface area contributed by atoms with Crippen molar-refractivity contribution in [2.45, 2.75) is 6.54 Å². The molecule has 1 heterocycles.